The molecule has 0 radical (unpaired) electrons. The Bertz CT molecular complexity index is 2130. The second-order valence-corrected chi connectivity index (χ2v) is 16.2. The number of benzene rings is 3. The van der Waals surface area contributed by atoms with Crippen molar-refractivity contribution in [2.75, 3.05) is 0 Å². The lowest BCUT2D eigenvalue weighted by atomic mass is 9.78. The molecule has 4 heteroatoms. The zero-order chi connectivity index (χ0) is 34.6. The van der Waals surface area contributed by atoms with Crippen LogP contribution in [0, 0.1) is 36.5 Å². The highest BCUT2D eigenvalue weighted by Gasteiger charge is 2.28. The van der Waals surface area contributed by atoms with Crippen LogP contribution in [0.2, 0.25) is 0 Å². The van der Waals surface area contributed by atoms with Crippen LogP contribution in [0.25, 0.3) is 43.6 Å². The molecule has 0 aliphatic rings. The van der Waals surface area contributed by atoms with Crippen LogP contribution < -0.4 is 10.9 Å². The van der Waals surface area contributed by atoms with E-state index in [-0.39, 0.29) is 32.5 Å². The highest BCUT2D eigenvalue weighted by atomic mass is 16.1. The molecule has 0 fully saturated rings. The molecule has 46 heavy (non-hydrogen) atoms. The third-order valence-electron chi connectivity index (χ3n) is 8.47. The van der Waals surface area contributed by atoms with Crippen LogP contribution in [-0.2, 0) is 21.7 Å². The molecule has 4 nitrogen and oxygen atoms in total. The van der Waals surface area contributed by atoms with Gasteiger partial charge in [-0.05, 0) is 79.7 Å². The molecule has 0 saturated carbocycles. The van der Waals surface area contributed by atoms with Crippen molar-refractivity contribution in [1.29, 1.82) is 0 Å². The van der Waals surface area contributed by atoms with E-state index in [1.165, 1.54) is 0 Å². The summed E-state index contributed by atoms with van der Waals surface area (Å²) in [4.78, 5) is 35.9. The Balaban J connectivity index is 0.000000731. The lowest BCUT2D eigenvalue weighted by molar-refractivity contribution is 0.584. The molecular weight excluding hydrogens is 564 g/mol. The van der Waals surface area contributed by atoms with E-state index in [0.29, 0.717) is 21.8 Å². The predicted octanol–water partition coefficient (Wildman–Crippen LogP) is 9.12. The van der Waals surface area contributed by atoms with E-state index < -0.39 is 0 Å². The number of terminal acetylenes is 2. The van der Waals surface area contributed by atoms with Gasteiger partial charge in [0, 0.05) is 10.8 Å². The summed E-state index contributed by atoms with van der Waals surface area (Å²) in [6.07, 6.45) is 9.39. The zero-order valence-corrected chi connectivity index (χ0v) is 29.4. The predicted molar refractivity (Wildman–Crippen MR) is 198 cm³/mol. The molecule has 0 aliphatic carbocycles. The van der Waals surface area contributed by atoms with Crippen molar-refractivity contribution in [3.63, 3.8) is 0 Å². The van der Waals surface area contributed by atoms with Crippen LogP contribution in [0.1, 0.15) is 105 Å². The van der Waals surface area contributed by atoms with Gasteiger partial charge in [0.05, 0.1) is 32.8 Å². The SMILES string of the molecule is C#CC#CC#C.CC(C)(C)c1ccc(C(C)(C)C)c2c(=O)c3cc4[nH]c5c(C(C)(C)C)ccc(C(C)(C)C)c5c(=O)c4cc3[nH]c12. The van der Waals surface area contributed by atoms with Crippen molar-refractivity contribution >= 4 is 43.6 Å². The van der Waals surface area contributed by atoms with Crippen molar-refractivity contribution in [3.05, 3.63) is 79.1 Å². The molecule has 236 valence electrons. The molecule has 0 unspecified atom stereocenters. The third kappa shape index (κ3) is 6.21. The summed E-state index contributed by atoms with van der Waals surface area (Å²) >= 11 is 0. The van der Waals surface area contributed by atoms with E-state index in [4.69, 9.17) is 12.8 Å². The first-order valence-electron chi connectivity index (χ1n) is 15.7. The highest BCUT2D eigenvalue weighted by molar-refractivity contribution is 6.05. The summed E-state index contributed by atoms with van der Waals surface area (Å²) in [6.45, 7) is 25.9. The van der Waals surface area contributed by atoms with Crippen LogP contribution in [-0.4, -0.2) is 9.97 Å². The fourth-order valence-corrected chi connectivity index (χ4v) is 6.23. The first-order chi connectivity index (χ1) is 21.1. The van der Waals surface area contributed by atoms with Crippen LogP contribution in [0.3, 0.4) is 0 Å². The molecular formula is C42H46N2O2. The molecule has 2 N–H and O–H groups in total. The maximum absolute atomic E-state index is 14.3. The number of nitrogens with one attached hydrogen (secondary N) is 2. The summed E-state index contributed by atoms with van der Waals surface area (Å²) in [5.74, 6) is 8.61. The van der Waals surface area contributed by atoms with E-state index in [2.05, 4.69) is 141 Å². The number of aromatic amines is 2. The average molecular weight is 611 g/mol. The van der Waals surface area contributed by atoms with Gasteiger partial charge >= 0.3 is 0 Å². The van der Waals surface area contributed by atoms with Gasteiger partial charge in [0.25, 0.3) is 0 Å². The number of hydrogen-bond acceptors (Lipinski definition) is 2. The van der Waals surface area contributed by atoms with Gasteiger partial charge < -0.3 is 9.97 Å². The molecule has 3 aromatic carbocycles. The number of H-pyrrole nitrogens is 2. The van der Waals surface area contributed by atoms with E-state index >= 15 is 0 Å². The van der Waals surface area contributed by atoms with Crippen molar-refractivity contribution in [2.45, 2.75) is 105 Å². The second-order valence-electron chi connectivity index (χ2n) is 16.2. The van der Waals surface area contributed by atoms with Crippen LogP contribution in [0.5, 0.6) is 0 Å². The smallest absolute Gasteiger partial charge is 0.197 e. The largest absolute Gasteiger partial charge is 0.354 e. The molecule has 2 heterocycles. The van der Waals surface area contributed by atoms with E-state index in [0.717, 1.165) is 44.1 Å². The molecule has 5 rings (SSSR count). The monoisotopic (exact) mass is 610 g/mol. The number of rotatable bonds is 0. The van der Waals surface area contributed by atoms with Crippen LogP contribution in [0.15, 0.2) is 46.0 Å². The first kappa shape index (κ1) is 34.2. The fourth-order valence-electron chi connectivity index (χ4n) is 6.23. The highest BCUT2D eigenvalue weighted by Crippen LogP contribution is 2.37. The first-order valence-corrected chi connectivity index (χ1v) is 15.7. The Hall–Kier alpha value is -4.72. The lowest BCUT2D eigenvalue weighted by Gasteiger charge is -2.27. The number of pyridine rings is 2. The minimum Gasteiger partial charge on any atom is -0.354 e. The second kappa shape index (κ2) is 11.6. The van der Waals surface area contributed by atoms with Gasteiger partial charge in [-0.25, -0.2) is 0 Å². The maximum Gasteiger partial charge on any atom is 0.197 e. The average Bonchev–Trinajstić information content (AvgIpc) is 2.93. The lowest BCUT2D eigenvalue weighted by Crippen LogP contribution is -2.21. The Morgan fingerprint density at radius 2 is 0.783 bits per heavy atom. The van der Waals surface area contributed by atoms with Crippen LogP contribution in [0.4, 0.5) is 0 Å². The van der Waals surface area contributed by atoms with Crippen molar-refractivity contribution in [1.82, 2.24) is 9.97 Å². The summed E-state index contributed by atoms with van der Waals surface area (Å²) in [5.41, 5.74) is 6.59. The Morgan fingerprint density at radius 3 is 1.04 bits per heavy atom. The van der Waals surface area contributed by atoms with Gasteiger partial charge in [-0.2, -0.15) is 0 Å². The molecule has 0 aliphatic heterocycles. The maximum atomic E-state index is 14.3. The molecule has 2 aromatic heterocycles. The van der Waals surface area contributed by atoms with Gasteiger partial charge in [-0.1, -0.05) is 107 Å². The minimum atomic E-state index is -0.207. The third-order valence-corrected chi connectivity index (χ3v) is 8.47. The van der Waals surface area contributed by atoms with Crippen LogP contribution >= 0.6 is 0 Å². The van der Waals surface area contributed by atoms with E-state index in [1.807, 2.05) is 12.1 Å². The molecule has 0 saturated heterocycles. The summed E-state index contributed by atoms with van der Waals surface area (Å²) in [7, 11) is 0. The fraction of sp³-hybridized carbons (Fsp3) is 0.381. The molecule has 0 atom stereocenters. The topological polar surface area (TPSA) is 65.7 Å². The number of fused-ring (bicyclic) bond motifs is 4. The van der Waals surface area contributed by atoms with E-state index in [1.54, 1.807) is 0 Å². The van der Waals surface area contributed by atoms with Gasteiger partial charge in [-0.3, -0.25) is 9.59 Å². The van der Waals surface area contributed by atoms with Gasteiger partial charge in [0.1, 0.15) is 0 Å². The summed E-state index contributed by atoms with van der Waals surface area (Å²) in [6, 6.07) is 12.3. The number of aromatic nitrogens is 2. The standard InChI is InChI=1S/C36H44N2O2.C6H2/c1-33(2,3)21-13-15-23(35(7,8)9)29-27(21)31(39)19-17-26-20(18-25(19)37-29)32(40)28-22(34(4,5)6)14-16-24(30(28)38-26)36(10,11)12;1-3-5-6-4-2/h13-18H,1-12H3,(H,37,39)(H,38,40);1-2H. The Morgan fingerprint density at radius 1 is 0.500 bits per heavy atom. The van der Waals surface area contributed by atoms with Gasteiger partial charge in [0.15, 0.2) is 10.9 Å². The minimum absolute atomic E-state index is 0.00195. The zero-order valence-electron chi connectivity index (χ0n) is 29.4. The Kier molecular flexibility index (Phi) is 8.59. The van der Waals surface area contributed by atoms with Gasteiger partial charge in [-0.15, -0.1) is 12.8 Å². The van der Waals surface area contributed by atoms with Gasteiger partial charge in [0.2, 0.25) is 0 Å². The quantitative estimate of drug-likeness (QED) is 0.136. The molecule has 0 bridgehead atoms. The Labute approximate surface area is 273 Å². The van der Waals surface area contributed by atoms with Crippen molar-refractivity contribution in [2.24, 2.45) is 0 Å². The van der Waals surface area contributed by atoms with Crippen molar-refractivity contribution in [3.8, 4) is 36.5 Å². The summed E-state index contributed by atoms with van der Waals surface area (Å²) in [5, 5.41) is 2.66. The number of hydrogen-bond donors (Lipinski definition) is 2. The summed E-state index contributed by atoms with van der Waals surface area (Å²) < 4.78 is 0. The van der Waals surface area contributed by atoms with E-state index in [9.17, 15) is 9.59 Å². The molecule has 0 spiro atoms. The van der Waals surface area contributed by atoms with Crippen molar-refractivity contribution < 1.29 is 0 Å². The molecule has 0 amide bonds. The molecule has 5 aromatic rings. The normalized spacial score (nSPS) is 12.3.